The molecule has 1 aromatic carbocycles. The molecule has 0 saturated heterocycles. The molecule has 168 valence electrons. The predicted molar refractivity (Wildman–Crippen MR) is 130 cm³/mol. The lowest BCUT2D eigenvalue weighted by Crippen LogP contribution is -2.26. The zero-order chi connectivity index (χ0) is 22.5. The van der Waals surface area contributed by atoms with E-state index in [0.29, 0.717) is 32.4 Å². The Morgan fingerprint density at radius 1 is 1.13 bits per heavy atom. The molecule has 0 saturated carbocycles. The van der Waals surface area contributed by atoms with Crippen LogP contribution in [0.2, 0.25) is 0 Å². The second kappa shape index (κ2) is 10.8. The van der Waals surface area contributed by atoms with Crippen LogP contribution in [0.15, 0.2) is 29.4 Å². The van der Waals surface area contributed by atoms with Crippen LogP contribution in [0, 0.1) is 12.8 Å². The molecular formula is C20H28N5O3PS2. The van der Waals surface area contributed by atoms with Crippen molar-refractivity contribution in [3.63, 3.8) is 0 Å². The highest BCUT2D eigenvalue weighted by atomic mass is 32.2. The first kappa shape index (κ1) is 24.1. The van der Waals surface area contributed by atoms with Gasteiger partial charge in [0.25, 0.3) is 8.53 Å². The Bertz CT molecular complexity index is 1020. The number of aromatic nitrogens is 3. The number of thiazole rings is 1. The van der Waals surface area contributed by atoms with Gasteiger partial charge in [-0.15, -0.1) is 0 Å². The highest BCUT2D eigenvalue weighted by Gasteiger charge is 2.20. The van der Waals surface area contributed by atoms with Crippen molar-refractivity contribution in [2.75, 3.05) is 17.0 Å². The summed E-state index contributed by atoms with van der Waals surface area (Å²) in [6.07, 6.45) is 0.784. The number of benzene rings is 1. The van der Waals surface area contributed by atoms with Crippen LogP contribution >= 0.6 is 31.6 Å². The topological polar surface area (TPSA) is 123 Å². The molecule has 0 amide bonds. The standard InChI is InChI=1S/C20H28N5O3PS2/c1-11(2)9-14(10-26)21-17-16-18(24-20(31-16)25-29(27)28)23-19(22-17)30-13(4)15-8-6-5-7-12(15)3/h5-8,11,13-14,26-28H,9-10H2,1-4H3,(H2,21,22,23,24,25). The minimum atomic E-state index is -2.33. The van der Waals surface area contributed by atoms with Gasteiger partial charge in [-0.3, -0.25) is 5.09 Å². The predicted octanol–water partition coefficient (Wildman–Crippen LogP) is 4.69. The smallest absolute Gasteiger partial charge is 0.283 e. The molecule has 2 aromatic heterocycles. The third-order valence-corrected chi connectivity index (χ3v) is 7.19. The molecule has 0 aliphatic rings. The van der Waals surface area contributed by atoms with Gasteiger partial charge in [-0.05, 0) is 37.3 Å². The van der Waals surface area contributed by atoms with Crippen LogP contribution in [-0.2, 0) is 0 Å². The van der Waals surface area contributed by atoms with Crippen molar-refractivity contribution in [3.8, 4) is 0 Å². The normalized spacial score (nSPS) is 13.7. The maximum absolute atomic E-state index is 9.83. The molecule has 31 heavy (non-hydrogen) atoms. The molecule has 5 N–H and O–H groups in total. The van der Waals surface area contributed by atoms with E-state index in [0.717, 1.165) is 6.42 Å². The van der Waals surface area contributed by atoms with E-state index in [-0.39, 0.29) is 17.9 Å². The second-order valence-electron chi connectivity index (χ2n) is 7.70. The van der Waals surface area contributed by atoms with Crippen LogP contribution in [0.3, 0.4) is 0 Å². The first-order valence-electron chi connectivity index (χ1n) is 9.99. The molecule has 8 nitrogen and oxygen atoms in total. The zero-order valence-electron chi connectivity index (χ0n) is 17.9. The van der Waals surface area contributed by atoms with E-state index in [1.165, 1.54) is 34.2 Å². The molecule has 2 atom stereocenters. The van der Waals surface area contributed by atoms with Crippen molar-refractivity contribution in [1.82, 2.24) is 15.0 Å². The Morgan fingerprint density at radius 2 is 1.87 bits per heavy atom. The first-order valence-corrected chi connectivity index (χ1v) is 12.9. The van der Waals surface area contributed by atoms with Crippen molar-refractivity contribution >= 4 is 52.9 Å². The number of nitrogens with zero attached hydrogens (tertiary/aromatic N) is 3. The van der Waals surface area contributed by atoms with E-state index in [2.05, 4.69) is 60.2 Å². The average molecular weight is 482 g/mol. The van der Waals surface area contributed by atoms with Crippen LogP contribution in [0.5, 0.6) is 0 Å². The third kappa shape index (κ3) is 6.47. The van der Waals surface area contributed by atoms with Crippen LogP contribution < -0.4 is 10.4 Å². The summed E-state index contributed by atoms with van der Waals surface area (Å²) >= 11 is 2.78. The number of hydrogen-bond acceptors (Lipinski definition) is 10. The number of hydrogen-bond donors (Lipinski definition) is 5. The molecule has 2 unspecified atom stereocenters. The van der Waals surface area contributed by atoms with Gasteiger partial charge in [0.2, 0.25) is 0 Å². The van der Waals surface area contributed by atoms with E-state index in [9.17, 15) is 14.9 Å². The Labute approximate surface area is 191 Å². The minimum absolute atomic E-state index is 0.0196. The molecule has 0 bridgehead atoms. The molecule has 0 radical (unpaired) electrons. The van der Waals surface area contributed by atoms with Crippen LogP contribution in [0.4, 0.5) is 10.9 Å². The number of nitrogens with one attached hydrogen (secondary N) is 2. The monoisotopic (exact) mass is 481 g/mol. The van der Waals surface area contributed by atoms with E-state index < -0.39 is 8.53 Å². The zero-order valence-corrected chi connectivity index (χ0v) is 20.4. The van der Waals surface area contributed by atoms with Gasteiger partial charge in [0.05, 0.1) is 12.6 Å². The lowest BCUT2D eigenvalue weighted by Gasteiger charge is -2.19. The van der Waals surface area contributed by atoms with Crippen molar-refractivity contribution in [1.29, 1.82) is 0 Å². The highest BCUT2D eigenvalue weighted by molar-refractivity contribution is 7.99. The van der Waals surface area contributed by atoms with Gasteiger partial charge in [-0.2, -0.15) is 4.98 Å². The van der Waals surface area contributed by atoms with Gasteiger partial charge >= 0.3 is 0 Å². The fourth-order valence-corrected chi connectivity index (χ4v) is 5.64. The van der Waals surface area contributed by atoms with Crippen LogP contribution in [0.25, 0.3) is 10.3 Å². The largest absolute Gasteiger partial charge is 0.394 e. The number of aryl methyl sites for hydroxylation is 1. The van der Waals surface area contributed by atoms with Gasteiger partial charge in [0.1, 0.15) is 4.70 Å². The van der Waals surface area contributed by atoms with Gasteiger partial charge < -0.3 is 20.2 Å². The van der Waals surface area contributed by atoms with Crippen molar-refractivity contribution < 1.29 is 14.9 Å². The Balaban J connectivity index is 1.96. The van der Waals surface area contributed by atoms with E-state index in [1.807, 2.05) is 12.1 Å². The summed E-state index contributed by atoms with van der Waals surface area (Å²) in [5.41, 5.74) is 2.90. The van der Waals surface area contributed by atoms with E-state index >= 15 is 0 Å². The maximum Gasteiger partial charge on any atom is 0.283 e. The fraction of sp³-hybridized carbons (Fsp3) is 0.450. The van der Waals surface area contributed by atoms with Crippen molar-refractivity contribution in [3.05, 3.63) is 35.4 Å². The number of rotatable bonds is 10. The maximum atomic E-state index is 9.83. The van der Waals surface area contributed by atoms with Gasteiger partial charge in [-0.1, -0.05) is 61.2 Å². The summed E-state index contributed by atoms with van der Waals surface area (Å²) in [4.78, 5) is 32.3. The third-order valence-electron chi connectivity index (χ3n) is 4.65. The molecule has 3 rings (SSSR count). The molecule has 0 fully saturated rings. The summed E-state index contributed by atoms with van der Waals surface area (Å²) in [6, 6.07) is 8.07. The number of aliphatic hydroxyl groups is 1. The van der Waals surface area contributed by atoms with Crippen LogP contribution in [0.1, 0.15) is 43.6 Å². The molecule has 0 spiro atoms. The second-order valence-corrected chi connectivity index (χ2v) is 10.8. The number of anilines is 2. The number of aliphatic hydroxyl groups excluding tert-OH is 1. The summed E-state index contributed by atoms with van der Waals surface area (Å²) in [7, 11) is -2.33. The molecule has 0 aliphatic carbocycles. The quantitative estimate of drug-likeness (QED) is 0.159. The van der Waals surface area contributed by atoms with Crippen molar-refractivity contribution in [2.45, 2.75) is 50.6 Å². The Hall–Kier alpha value is -1.55. The molecule has 11 heteroatoms. The fourth-order valence-electron chi connectivity index (χ4n) is 3.29. The van der Waals surface area contributed by atoms with E-state index in [1.54, 1.807) is 0 Å². The Kier molecular flexibility index (Phi) is 8.43. The summed E-state index contributed by atoms with van der Waals surface area (Å²) in [5, 5.41) is 16.8. The first-order chi connectivity index (χ1) is 14.8. The molecule has 0 aliphatic heterocycles. The Morgan fingerprint density at radius 3 is 2.52 bits per heavy atom. The van der Waals surface area contributed by atoms with Gasteiger partial charge in [-0.25, -0.2) is 9.97 Å². The lowest BCUT2D eigenvalue weighted by molar-refractivity contribution is 0.259. The SMILES string of the molecule is Cc1ccccc1C(C)Sc1nc(NC(CO)CC(C)C)c2sc(NP(O)O)nc2n1. The van der Waals surface area contributed by atoms with Crippen LogP contribution in [-0.4, -0.2) is 42.5 Å². The number of fused-ring (bicyclic) bond motifs is 1. The lowest BCUT2D eigenvalue weighted by atomic mass is 10.0. The van der Waals surface area contributed by atoms with Gasteiger partial charge in [0.15, 0.2) is 21.8 Å². The van der Waals surface area contributed by atoms with E-state index in [4.69, 9.17) is 4.98 Å². The van der Waals surface area contributed by atoms with Crippen molar-refractivity contribution in [2.24, 2.45) is 5.92 Å². The average Bonchev–Trinajstić information content (AvgIpc) is 3.09. The highest BCUT2D eigenvalue weighted by Crippen LogP contribution is 2.39. The number of thioether (sulfide) groups is 1. The minimum Gasteiger partial charge on any atom is -0.394 e. The summed E-state index contributed by atoms with van der Waals surface area (Å²) in [6.45, 7) is 8.38. The summed E-state index contributed by atoms with van der Waals surface area (Å²) in [5.74, 6) is 0.998. The van der Waals surface area contributed by atoms with Gasteiger partial charge in [0, 0.05) is 5.25 Å². The summed E-state index contributed by atoms with van der Waals surface area (Å²) < 4.78 is 0.703. The molecular weight excluding hydrogens is 453 g/mol. The molecule has 2 heterocycles. The molecule has 3 aromatic rings.